The molecule has 0 radical (unpaired) electrons. The van der Waals surface area contributed by atoms with E-state index >= 15 is 0 Å². The molecular formula is C15H13F2N3O3. The summed E-state index contributed by atoms with van der Waals surface area (Å²) in [4.78, 5) is 23.1. The van der Waals surface area contributed by atoms with Crippen molar-refractivity contribution in [1.29, 1.82) is 0 Å². The van der Waals surface area contributed by atoms with Crippen LogP contribution in [0, 0.1) is 11.6 Å². The van der Waals surface area contributed by atoms with E-state index in [0.717, 1.165) is 12.1 Å². The Morgan fingerprint density at radius 1 is 1.13 bits per heavy atom. The first-order chi connectivity index (χ1) is 11.0. The molecule has 23 heavy (non-hydrogen) atoms. The molecule has 0 aliphatic heterocycles. The van der Waals surface area contributed by atoms with Crippen LogP contribution in [0.3, 0.4) is 0 Å². The van der Waals surface area contributed by atoms with Crippen molar-refractivity contribution in [2.75, 3.05) is 0 Å². The SMILES string of the molecule is C/C(=N/NC(=O)C(=O)NCc1ccco1)c1c(F)cccc1F. The quantitative estimate of drug-likeness (QED) is 0.511. The summed E-state index contributed by atoms with van der Waals surface area (Å²) in [6.07, 6.45) is 1.43. The number of nitrogens with zero attached hydrogens (tertiary/aromatic N) is 1. The van der Waals surface area contributed by atoms with Gasteiger partial charge in [0.05, 0.1) is 24.1 Å². The predicted octanol–water partition coefficient (Wildman–Crippen LogP) is 1.71. The molecule has 2 amide bonds. The lowest BCUT2D eigenvalue weighted by molar-refractivity contribution is -0.139. The minimum Gasteiger partial charge on any atom is -0.467 e. The molecule has 0 atom stereocenters. The molecule has 0 spiro atoms. The molecule has 0 saturated heterocycles. The van der Waals surface area contributed by atoms with E-state index in [1.807, 2.05) is 5.43 Å². The van der Waals surface area contributed by atoms with Crippen molar-refractivity contribution in [3.05, 3.63) is 59.6 Å². The number of hydrazone groups is 1. The number of carbonyl (C=O) groups is 2. The van der Waals surface area contributed by atoms with E-state index in [0.29, 0.717) is 5.76 Å². The first-order valence-electron chi connectivity index (χ1n) is 6.58. The van der Waals surface area contributed by atoms with E-state index < -0.39 is 23.4 Å². The van der Waals surface area contributed by atoms with Gasteiger partial charge in [0, 0.05) is 0 Å². The largest absolute Gasteiger partial charge is 0.467 e. The predicted molar refractivity (Wildman–Crippen MR) is 77.3 cm³/mol. The van der Waals surface area contributed by atoms with Crippen LogP contribution in [0.2, 0.25) is 0 Å². The van der Waals surface area contributed by atoms with Crippen LogP contribution in [-0.4, -0.2) is 17.5 Å². The van der Waals surface area contributed by atoms with Crippen LogP contribution in [0.1, 0.15) is 18.2 Å². The fourth-order valence-corrected chi connectivity index (χ4v) is 1.75. The molecule has 6 nitrogen and oxygen atoms in total. The molecule has 2 N–H and O–H groups in total. The fourth-order valence-electron chi connectivity index (χ4n) is 1.75. The summed E-state index contributed by atoms with van der Waals surface area (Å²) in [7, 11) is 0. The summed E-state index contributed by atoms with van der Waals surface area (Å²) >= 11 is 0. The van der Waals surface area contributed by atoms with Gasteiger partial charge in [-0.2, -0.15) is 5.10 Å². The molecule has 0 aliphatic rings. The van der Waals surface area contributed by atoms with Gasteiger partial charge in [-0.1, -0.05) is 6.07 Å². The van der Waals surface area contributed by atoms with Gasteiger partial charge in [-0.3, -0.25) is 9.59 Å². The molecular weight excluding hydrogens is 308 g/mol. The minimum atomic E-state index is -1.06. The van der Waals surface area contributed by atoms with Crippen molar-refractivity contribution in [2.24, 2.45) is 5.10 Å². The third-order valence-electron chi connectivity index (χ3n) is 2.86. The highest BCUT2D eigenvalue weighted by Crippen LogP contribution is 2.12. The molecule has 2 rings (SSSR count). The Bertz CT molecular complexity index is 722. The molecule has 0 bridgehead atoms. The molecule has 0 aliphatic carbocycles. The second-order valence-electron chi connectivity index (χ2n) is 4.50. The molecule has 1 aromatic heterocycles. The monoisotopic (exact) mass is 321 g/mol. The van der Waals surface area contributed by atoms with Crippen LogP contribution in [-0.2, 0) is 16.1 Å². The highest BCUT2D eigenvalue weighted by Gasteiger charge is 2.15. The lowest BCUT2D eigenvalue weighted by Gasteiger charge is -2.05. The molecule has 0 unspecified atom stereocenters. The average Bonchev–Trinajstić information content (AvgIpc) is 3.03. The van der Waals surface area contributed by atoms with E-state index in [1.165, 1.54) is 19.3 Å². The van der Waals surface area contributed by atoms with Crippen molar-refractivity contribution >= 4 is 17.5 Å². The van der Waals surface area contributed by atoms with E-state index in [-0.39, 0.29) is 17.8 Å². The number of rotatable bonds is 4. The number of benzene rings is 1. The van der Waals surface area contributed by atoms with Crippen molar-refractivity contribution in [2.45, 2.75) is 13.5 Å². The second-order valence-corrected chi connectivity index (χ2v) is 4.50. The van der Waals surface area contributed by atoms with Gasteiger partial charge in [-0.25, -0.2) is 14.2 Å². The molecule has 0 saturated carbocycles. The average molecular weight is 321 g/mol. The van der Waals surface area contributed by atoms with E-state index in [9.17, 15) is 18.4 Å². The summed E-state index contributed by atoms with van der Waals surface area (Å²) in [6, 6.07) is 6.60. The number of hydrogen-bond acceptors (Lipinski definition) is 4. The van der Waals surface area contributed by atoms with E-state index in [2.05, 4.69) is 10.4 Å². The number of nitrogens with one attached hydrogen (secondary N) is 2. The van der Waals surface area contributed by atoms with Gasteiger partial charge in [0.25, 0.3) is 0 Å². The Labute approximate surface area is 130 Å². The highest BCUT2D eigenvalue weighted by molar-refractivity contribution is 6.35. The van der Waals surface area contributed by atoms with Crippen LogP contribution in [0.4, 0.5) is 8.78 Å². The van der Waals surface area contributed by atoms with Crippen LogP contribution in [0.25, 0.3) is 0 Å². The normalized spacial score (nSPS) is 11.2. The Kier molecular flexibility index (Phi) is 5.19. The lowest BCUT2D eigenvalue weighted by atomic mass is 10.1. The zero-order valence-corrected chi connectivity index (χ0v) is 12.1. The number of amides is 2. The molecule has 2 aromatic rings. The second kappa shape index (κ2) is 7.30. The minimum absolute atomic E-state index is 0.0316. The van der Waals surface area contributed by atoms with Crippen molar-refractivity contribution in [1.82, 2.24) is 10.7 Å². The smallest absolute Gasteiger partial charge is 0.329 e. The molecule has 8 heteroatoms. The molecule has 0 fully saturated rings. The van der Waals surface area contributed by atoms with Crippen LogP contribution in [0.5, 0.6) is 0 Å². The van der Waals surface area contributed by atoms with Crippen molar-refractivity contribution in [3.8, 4) is 0 Å². The zero-order valence-electron chi connectivity index (χ0n) is 12.1. The van der Waals surface area contributed by atoms with Gasteiger partial charge in [-0.15, -0.1) is 0 Å². The van der Waals surface area contributed by atoms with Gasteiger partial charge < -0.3 is 9.73 Å². The summed E-state index contributed by atoms with van der Waals surface area (Å²) in [5.41, 5.74) is 1.46. The maximum absolute atomic E-state index is 13.5. The van der Waals surface area contributed by atoms with Gasteiger partial charge in [0.15, 0.2) is 0 Å². The van der Waals surface area contributed by atoms with Crippen LogP contribution >= 0.6 is 0 Å². The Hall–Kier alpha value is -3.03. The lowest BCUT2D eigenvalue weighted by Crippen LogP contribution is -2.37. The summed E-state index contributed by atoms with van der Waals surface area (Å²) in [5, 5.41) is 5.84. The standard InChI is InChI=1S/C15H13F2N3O3/c1-9(13-11(16)5-2-6-12(13)17)19-20-15(22)14(21)18-8-10-4-3-7-23-10/h2-7H,8H2,1H3,(H,18,21)(H,20,22)/b19-9-. The van der Waals surface area contributed by atoms with Crippen molar-refractivity contribution in [3.63, 3.8) is 0 Å². The molecule has 1 aromatic carbocycles. The Morgan fingerprint density at radius 2 is 1.83 bits per heavy atom. The topological polar surface area (TPSA) is 83.7 Å². The van der Waals surface area contributed by atoms with E-state index in [4.69, 9.17) is 4.42 Å². The maximum Gasteiger partial charge on any atom is 0.329 e. The van der Waals surface area contributed by atoms with Gasteiger partial charge in [0.1, 0.15) is 17.4 Å². The fraction of sp³-hybridized carbons (Fsp3) is 0.133. The molecule has 120 valence electrons. The Balaban J connectivity index is 1.95. The summed E-state index contributed by atoms with van der Waals surface area (Å²) in [5.74, 6) is -3.18. The zero-order chi connectivity index (χ0) is 16.8. The first kappa shape index (κ1) is 16.3. The van der Waals surface area contributed by atoms with Gasteiger partial charge in [0.2, 0.25) is 0 Å². The number of carbonyl (C=O) groups excluding carboxylic acids is 2. The van der Waals surface area contributed by atoms with Gasteiger partial charge >= 0.3 is 11.8 Å². The third kappa shape index (κ3) is 4.22. The number of halogens is 2. The Morgan fingerprint density at radius 3 is 2.43 bits per heavy atom. The van der Waals surface area contributed by atoms with Crippen LogP contribution < -0.4 is 10.7 Å². The van der Waals surface area contributed by atoms with E-state index in [1.54, 1.807) is 12.1 Å². The van der Waals surface area contributed by atoms with Crippen molar-refractivity contribution < 1.29 is 22.8 Å². The van der Waals surface area contributed by atoms with Crippen LogP contribution in [0.15, 0.2) is 46.1 Å². The third-order valence-corrected chi connectivity index (χ3v) is 2.86. The number of hydrogen-bond donors (Lipinski definition) is 2. The highest BCUT2D eigenvalue weighted by atomic mass is 19.1. The van der Waals surface area contributed by atoms with Gasteiger partial charge in [-0.05, 0) is 31.2 Å². The maximum atomic E-state index is 13.5. The number of furan rings is 1. The summed E-state index contributed by atoms with van der Waals surface area (Å²) < 4.78 is 32.1. The summed E-state index contributed by atoms with van der Waals surface area (Å²) in [6.45, 7) is 1.34. The molecule has 1 heterocycles. The first-order valence-corrected chi connectivity index (χ1v) is 6.58.